The number of ketones is 1. The standard InChI is InChI=1S/C13H17NO/c1-3-14-8-7-11-5-4-6-12(13(11)14)9-10(2)15/h4-6H,3,7-9H2,1-2H3. The van der Waals surface area contributed by atoms with E-state index in [1.807, 2.05) is 0 Å². The van der Waals surface area contributed by atoms with E-state index in [-0.39, 0.29) is 5.78 Å². The molecule has 0 saturated heterocycles. The SMILES string of the molecule is CCN1CCc2cccc(CC(C)=O)c21. The summed E-state index contributed by atoms with van der Waals surface area (Å²) in [5.74, 6) is 0.242. The maximum absolute atomic E-state index is 11.2. The van der Waals surface area contributed by atoms with E-state index < -0.39 is 0 Å². The van der Waals surface area contributed by atoms with E-state index in [1.165, 1.54) is 16.8 Å². The van der Waals surface area contributed by atoms with E-state index >= 15 is 0 Å². The molecule has 2 rings (SSSR count). The molecule has 1 heterocycles. The van der Waals surface area contributed by atoms with Gasteiger partial charge < -0.3 is 4.90 Å². The maximum Gasteiger partial charge on any atom is 0.134 e. The predicted molar refractivity (Wildman–Crippen MR) is 62.4 cm³/mol. The lowest BCUT2D eigenvalue weighted by Crippen LogP contribution is -2.20. The first-order chi connectivity index (χ1) is 7.22. The maximum atomic E-state index is 11.2. The molecule has 15 heavy (non-hydrogen) atoms. The van der Waals surface area contributed by atoms with Crippen LogP contribution in [0, 0.1) is 0 Å². The molecule has 0 spiro atoms. The summed E-state index contributed by atoms with van der Waals surface area (Å²) in [5.41, 5.74) is 3.91. The van der Waals surface area contributed by atoms with Gasteiger partial charge in [-0.25, -0.2) is 0 Å². The molecule has 0 fully saturated rings. The van der Waals surface area contributed by atoms with Crippen LogP contribution in [0.5, 0.6) is 0 Å². The third-order valence-electron chi connectivity index (χ3n) is 2.99. The molecule has 1 aliphatic heterocycles. The van der Waals surface area contributed by atoms with Crippen LogP contribution in [0.4, 0.5) is 5.69 Å². The van der Waals surface area contributed by atoms with Crippen LogP contribution >= 0.6 is 0 Å². The Hall–Kier alpha value is -1.31. The van der Waals surface area contributed by atoms with Gasteiger partial charge in [-0.2, -0.15) is 0 Å². The molecule has 0 bridgehead atoms. The van der Waals surface area contributed by atoms with Crippen LogP contribution in [0.15, 0.2) is 18.2 Å². The second kappa shape index (κ2) is 4.05. The number of hydrogen-bond donors (Lipinski definition) is 0. The van der Waals surface area contributed by atoms with Crippen molar-refractivity contribution in [3.63, 3.8) is 0 Å². The van der Waals surface area contributed by atoms with Crippen LogP contribution < -0.4 is 4.90 Å². The number of rotatable bonds is 3. The highest BCUT2D eigenvalue weighted by Gasteiger charge is 2.20. The summed E-state index contributed by atoms with van der Waals surface area (Å²) in [7, 11) is 0. The Kier molecular flexibility index (Phi) is 2.76. The Morgan fingerprint density at radius 1 is 1.47 bits per heavy atom. The lowest BCUT2D eigenvalue weighted by Gasteiger charge is -2.19. The third-order valence-corrected chi connectivity index (χ3v) is 2.99. The molecule has 1 aromatic rings. The molecule has 0 N–H and O–H groups in total. The Bertz CT molecular complexity index is 384. The molecule has 0 unspecified atom stereocenters. The molecule has 2 nitrogen and oxygen atoms in total. The molecule has 0 atom stereocenters. The number of benzene rings is 1. The fraction of sp³-hybridized carbons (Fsp3) is 0.462. The van der Waals surface area contributed by atoms with Gasteiger partial charge in [0.15, 0.2) is 0 Å². The van der Waals surface area contributed by atoms with E-state index in [1.54, 1.807) is 6.92 Å². The molecule has 0 aromatic heterocycles. The minimum Gasteiger partial charge on any atom is -0.371 e. The number of anilines is 1. The molecular weight excluding hydrogens is 186 g/mol. The number of fused-ring (bicyclic) bond motifs is 1. The van der Waals surface area contributed by atoms with Crippen LogP contribution in [0.1, 0.15) is 25.0 Å². The second-order valence-corrected chi connectivity index (χ2v) is 4.13. The number of likely N-dealkylation sites (N-methyl/N-ethyl adjacent to an activating group) is 1. The quantitative estimate of drug-likeness (QED) is 0.750. The highest BCUT2D eigenvalue weighted by atomic mass is 16.1. The third kappa shape index (κ3) is 1.89. The van der Waals surface area contributed by atoms with Gasteiger partial charge in [0.05, 0.1) is 0 Å². The number of hydrogen-bond acceptors (Lipinski definition) is 2. The lowest BCUT2D eigenvalue weighted by atomic mass is 10.0. The Labute approximate surface area is 90.9 Å². The molecule has 0 saturated carbocycles. The Morgan fingerprint density at radius 2 is 2.27 bits per heavy atom. The fourth-order valence-corrected chi connectivity index (χ4v) is 2.35. The van der Waals surface area contributed by atoms with Crippen LogP contribution in [0.2, 0.25) is 0 Å². The van der Waals surface area contributed by atoms with Gasteiger partial charge in [-0.05, 0) is 31.4 Å². The normalized spacial score (nSPS) is 14.1. The van der Waals surface area contributed by atoms with Gasteiger partial charge >= 0.3 is 0 Å². The Morgan fingerprint density at radius 3 is 2.93 bits per heavy atom. The summed E-state index contributed by atoms with van der Waals surface area (Å²) in [6.07, 6.45) is 1.69. The summed E-state index contributed by atoms with van der Waals surface area (Å²) >= 11 is 0. The first-order valence-corrected chi connectivity index (χ1v) is 5.57. The summed E-state index contributed by atoms with van der Waals surface area (Å²) in [6, 6.07) is 6.32. The molecule has 0 aliphatic carbocycles. The van der Waals surface area contributed by atoms with Gasteiger partial charge in [-0.15, -0.1) is 0 Å². The first-order valence-electron chi connectivity index (χ1n) is 5.57. The van der Waals surface area contributed by atoms with Crippen LogP contribution in [-0.2, 0) is 17.6 Å². The summed E-state index contributed by atoms with van der Waals surface area (Å²) in [5, 5.41) is 0. The Balaban J connectivity index is 2.39. The van der Waals surface area contributed by atoms with Crippen molar-refractivity contribution in [3.8, 4) is 0 Å². The predicted octanol–water partition coefficient (Wildman–Crippen LogP) is 2.20. The first kappa shape index (κ1) is 10.2. The van der Waals surface area contributed by atoms with Gasteiger partial charge in [0.2, 0.25) is 0 Å². The number of para-hydroxylation sites is 1. The van der Waals surface area contributed by atoms with Crippen LogP contribution in [0.25, 0.3) is 0 Å². The summed E-state index contributed by atoms with van der Waals surface area (Å²) < 4.78 is 0. The largest absolute Gasteiger partial charge is 0.371 e. The van der Waals surface area contributed by atoms with Crippen LogP contribution in [-0.4, -0.2) is 18.9 Å². The highest BCUT2D eigenvalue weighted by Crippen LogP contribution is 2.31. The van der Waals surface area contributed by atoms with Crippen molar-refractivity contribution < 1.29 is 4.79 Å². The van der Waals surface area contributed by atoms with E-state index in [0.29, 0.717) is 6.42 Å². The molecule has 0 radical (unpaired) electrons. The van der Waals surface area contributed by atoms with Gasteiger partial charge in [0.25, 0.3) is 0 Å². The zero-order valence-corrected chi connectivity index (χ0v) is 9.42. The average molecular weight is 203 g/mol. The molecular formula is C13H17NO. The van der Waals surface area contributed by atoms with E-state index in [2.05, 4.69) is 30.0 Å². The van der Waals surface area contributed by atoms with Crippen molar-refractivity contribution in [1.82, 2.24) is 0 Å². The van der Waals surface area contributed by atoms with Crippen molar-refractivity contribution in [2.45, 2.75) is 26.7 Å². The van der Waals surface area contributed by atoms with Crippen molar-refractivity contribution in [2.24, 2.45) is 0 Å². The molecule has 1 aliphatic rings. The number of carbonyl (C=O) groups excluding carboxylic acids is 1. The van der Waals surface area contributed by atoms with E-state index in [9.17, 15) is 4.79 Å². The molecule has 1 aromatic carbocycles. The smallest absolute Gasteiger partial charge is 0.134 e. The van der Waals surface area contributed by atoms with Gasteiger partial charge in [-0.3, -0.25) is 4.79 Å². The summed E-state index contributed by atoms with van der Waals surface area (Å²) in [4.78, 5) is 13.6. The zero-order chi connectivity index (χ0) is 10.8. The lowest BCUT2D eigenvalue weighted by molar-refractivity contribution is -0.116. The molecule has 80 valence electrons. The van der Waals surface area contributed by atoms with Crippen molar-refractivity contribution in [1.29, 1.82) is 0 Å². The summed E-state index contributed by atoms with van der Waals surface area (Å²) in [6.45, 7) is 5.95. The fourth-order valence-electron chi connectivity index (χ4n) is 2.35. The van der Waals surface area contributed by atoms with Gasteiger partial charge in [0, 0.05) is 25.2 Å². The zero-order valence-electron chi connectivity index (χ0n) is 9.42. The second-order valence-electron chi connectivity index (χ2n) is 4.13. The topological polar surface area (TPSA) is 20.3 Å². The minimum atomic E-state index is 0.242. The van der Waals surface area contributed by atoms with Gasteiger partial charge in [0.1, 0.15) is 5.78 Å². The van der Waals surface area contributed by atoms with Crippen LogP contribution in [0.3, 0.4) is 0 Å². The van der Waals surface area contributed by atoms with Crippen molar-refractivity contribution >= 4 is 11.5 Å². The highest BCUT2D eigenvalue weighted by molar-refractivity contribution is 5.81. The van der Waals surface area contributed by atoms with E-state index in [4.69, 9.17) is 0 Å². The number of Topliss-reactive ketones (excluding diaryl/α,β-unsaturated/α-hetero) is 1. The average Bonchev–Trinajstić information content (AvgIpc) is 2.61. The number of nitrogens with zero attached hydrogens (tertiary/aromatic N) is 1. The van der Waals surface area contributed by atoms with Crippen molar-refractivity contribution in [2.75, 3.05) is 18.0 Å². The van der Waals surface area contributed by atoms with Crippen molar-refractivity contribution in [3.05, 3.63) is 29.3 Å². The molecule has 2 heteroatoms. The van der Waals surface area contributed by atoms with Gasteiger partial charge in [-0.1, -0.05) is 18.2 Å². The molecule has 0 amide bonds. The van der Waals surface area contributed by atoms with E-state index in [0.717, 1.165) is 19.5 Å². The number of carbonyl (C=O) groups is 1. The monoisotopic (exact) mass is 203 g/mol. The minimum absolute atomic E-state index is 0.242.